The fraction of sp³-hybridized carbons (Fsp3) is 0.917. The Balaban J connectivity index is 2.10. The largest absolute Gasteiger partial charge is 0.462 e. The molecule has 0 amide bonds. The Hall–Kier alpha value is -0.570. The van der Waals surface area contributed by atoms with Gasteiger partial charge in [0.2, 0.25) is 0 Å². The van der Waals surface area contributed by atoms with Crippen LogP contribution in [0.1, 0.15) is 33.1 Å². The third kappa shape index (κ3) is 1.89. The predicted octanol–water partition coefficient (Wildman–Crippen LogP) is 1.67. The van der Waals surface area contributed by atoms with Crippen molar-refractivity contribution in [1.29, 1.82) is 0 Å². The van der Waals surface area contributed by atoms with Crippen molar-refractivity contribution in [2.45, 2.75) is 39.2 Å². The van der Waals surface area contributed by atoms with Crippen LogP contribution in [-0.2, 0) is 9.53 Å². The first-order valence-electron chi connectivity index (χ1n) is 5.95. The summed E-state index contributed by atoms with van der Waals surface area (Å²) in [6.45, 7) is 6.25. The molecule has 86 valence electrons. The maximum atomic E-state index is 11.8. The maximum absolute atomic E-state index is 11.8. The number of ether oxygens (including phenoxy) is 1. The van der Waals surface area contributed by atoms with Crippen molar-refractivity contribution in [2.75, 3.05) is 20.1 Å². The molecular formula is C12H21NO2. The molecule has 0 aliphatic carbocycles. The number of nitrogens with zero attached hydrogens (tertiary/aromatic N) is 1. The van der Waals surface area contributed by atoms with Gasteiger partial charge in [0.05, 0.1) is 5.41 Å². The van der Waals surface area contributed by atoms with Gasteiger partial charge in [0, 0.05) is 19.0 Å². The number of esters is 1. The highest BCUT2D eigenvalue weighted by Crippen LogP contribution is 2.40. The summed E-state index contributed by atoms with van der Waals surface area (Å²) in [7, 11) is 2.15. The fourth-order valence-electron chi connectivity index (χ4n) is 2.77. The summed E-state index contributed by atoms with van der Waals surface area (Å²) < 4.78 is 5.58. The molecular weight excluding hydrogens is 190 g/mol. The smallest absolute Gasteiger partial charge is 0.312 e. The Bertz CT molecular complexity index is 266. The van der Waals surface area contributed by atoms with Crippen LogP contribution in [-0.4, -0.2) is 37.1 Å². The molecule has 2 saturated heterocycles. The maximum Gasteiger partial charge on any atom is 0.312 e. The van der Waals surface area contributed by atoms with E-state index in [1.807, 2.05) is 6.92 Å². The van der Waals surface area contributed by atoms with Crippen molar-refractivity contribution in [3.05, 3.63) is 0 Å². The second kappa shape index (κ2) is 3.78. The topological polar surface area (TPSA) is 29.5 Å². The molecule has 0 saturated carbocycles. The molecule has 3 unspecified atom stereocenters. The molecule has 0 aromatic heterocycles. The van der Waals surface area contributed by atoms with Crippen molar-refractivity contribution in [1.82, 2.24) is 4.90 Å². The minimum Gasteiger partial charge on any atom is -0.462 e. The van der Waals surface area contributed by atoms with Gasteiger partial charge in [0.25, 0.3) is 0 Å². The molecule has 0 aromatic rings. The summed E-state index contributed by atoms with van der Waals surface area (Å²) in [4.78, 5) is 14.2. The Morgan fingerprint density at radius 2 is 2.33 bits per heavy atom. The molecule has 2 aliphatic heterocycles. The molecule has 2 aliphatic rings. The highest BCUT2D eigenvalue weighted by molar-refractivity contribution is 5.77. The first kappa shape index (κ1) is 10.9. The van der Waals surface area contributed by atoms with E-state index in [0.29, 0.717) is 5.92 Å². The quantitative estimate of drug-likeness (QED) is 0.618. The molecule has 2 fully saturated rings. The average Bonchev–Trinajstić information content (AvgIpc) is 2.20. The van der Waals surface area contributed by atoms with Gasteiger partial charge in [-0.15, -0.1) is 0 Å². The first-order chi connectivity index (χ1) is 7.05. The van der Waals surface area contributed by atoms with Crippen LogP contribution in [0.5, 0.6) is 0 Å². The fourth-order valence-corrected chi connectivity index (χ4v) is 2.77. The Morgan fingerprint density at radius 3 is 3.00 bits per heavy atom. The van der Waals surface area contributed by atoms with Gasteiger partial charge in [-0.1, -0.05) is 6.92 Å². The molecule has 2 rings (SSSR count). The zero-order valence-electron chi connectivity index (χ0n) is 9.95. The molecule has 0 aromatic carbocycles. The van der Waals surface area contributed by atoms with E-state index in [-0.39, 0.29) is 17.5 Å². The van der Waals surface area contributed by atoms with E-state index < -0.39 is 0 Å². The second-order valence-electron chi connectivity index (χ2n) is 5.37. The van der Waals surface area contributed by atoms with Crippen LogP contribution in [0, 0.1) is 11.3 Å². The lowest BCUT2D eigenvalue weighted by molar-refractivity contribution is -0.180. The van der Waals surface area contributed by atoms with Gasteiger partial charge in [-0.3, -0.25) is 4.79 Å². The minimum absolute atomic E-state index is 0.0239. The summed E-state index contributed by atoms with van der Waals surface area (Å²) in [5.74, 6) is 0.571. The van der Waals surface area contributed by atoms with Crippen molar-refractivity contribution in [3.63, 3.8) is 0 Å². The lowest BCUT2D eigenvalue weighted by atomic mass is 9.73. The van der Waals surface area contributed by atoms with Gasteiger partial charge < -0.3 is 9.64 Å². The zero-order valence-corrected chi connectivity index (χ0v) is 9.95. The molecule has 15 heavy (non-hydrogen) atoms. The van der Waals surface area contributed by atoms with E-state index in [0.717, 1.165) is 32.4 Å². The van der Waals surface area contributed by atoms with Gasteiger partial charge in [0.1, 0.15) is 6.10 Å². The van der Waals surface area contributed by atoms with E-state index in [4.69, 9.17) is 4.74 Å². The van der Waals surface area contributed by atoms with Crippen LogP contribution < -0.4 is 0 Å². The molecule has 0 radical (unpaired) electrons. The normalized spacial score (nSPS) is 42.2. The molecule has 3 heteroatoms. The third-order valence-corrected chi connectivity index (χ3v) is 4.11. The molecule has 0 bridgehead atoms. The van der Waals surface area contributed by atoms with Gasteiger partial charge >= 0.3 is 5.97 Å². The summed E-state index contributed by atoms with van der Waals surface area (Å²) in [5.41, 5.74) is -0.237. The van der Waals surface area contributed by atoms with Crippen LogP contribution in [0.25, 0.3) is 0 Å². The summed E-state index contributed by atoms with van der Waals surface area (Å²) in [6, 6.07) is 0. The predicted molar refractivity (Wildman–Crippen MR) is 58.5 cm³/mol. The van der Waals surface area contributed by atoms with E-state index in [1.165, 1.54) is 0 Å². The Kier molecular flexibility index (Phi) is 2.75. The molecule has 2 heterocycles. The van der Waals surface area contributed by atoms with Crippen LogP contribution in [0.2, 0.25) is 0 Å². The number of carbonyl (C=O) groups excluding carboxylic acids is 1. The molecule has 3 atom stereocenters. The lowest BCUT2D eigenvalue weighted by Crippen LogP contribution is -2.51. The number of rotatable bonds is 1. The van der Waals surface area contributed by atoms with Crippen molar-refractivity contribution < 1.29 is 9.53 Å². The van der Waals surface area contributed by atoms with Crippen molar-refractivity contribution in [3.8, 4) is 0 Å². The van der Waals surface area contributed by atoms with Crippen LogP contribution >= 0.6 is 0 Å². The van der Waals surface area contributed by atoms with E-state index in [9.17, 15) is 4.79 Å². The van der Waals surface area contributed by atoms with Gasteiger partial charge in [-0.05, 0) is 33.2 Å². The van der Waals surface area contributed by atoms with Crippen LogP contribution in [0.3, 0.4) is 0 Å². The first-order valence-corrected chi connectivity index (χ1v) is 5.95. The Labute approximate surface area is 91.8 Å². The summed E-state index contributed by atoms with van der Waals surface area (Å²) in [6.07, 6.45) is 3.08. The summed E-state index contributed by atoms with van der Waals surface area (Å²) in [5, 5.41) is 0. The third-order valence-electron chi connectivity index (χ3n) is 4.11. The van der Waals surface area contributed by atoms with Gasteiger partial charge in [-0.2, -0.15) is 0 Å². The number of hydrogen-bond acceptors (Lipinski definition) is 3. The number of piperidine rings is 1. The average molecular weight is 211 g/mol. The highest BCUT2D eigenvalue weighted by Gasteiger charge is 2.46. The number of likely N-dealkylation sites (tertiary alicyclic amines) is 1. The molecule has 0 N–H and O–H groups in total. The number of fused-ring (bicyclic) bond motifs is 1. The minimum atomic E-state index is -0.237. The summed E-state index contributed by atoms with van der Waals surface area (Å²) >= 11 is 0. The second-order valence-corrected chi connectivity index (χ2v) is 5.37. The van der Waals surface area contributed by atoms with Crippen LogP contribution in [0.4, 0.5) is 0 Å². The van der Waals surface area contributed by atoms with E-state index >= 15 is 0 Å². The van der Waals surface area contributed by atoms with E-state index in [1.54, 1.807) is 0 Å². The Morgan fingerprint density at radius 1 is 1.60 bits per heavy atom. The molecule has 0 spiro atoms. The van der Waals surface area contributed by atoms with Crippen LogP contribution in [0.15, 0.2) is 0 Å². The standard InChI is InChI=1S/C12H21NO2/c1-4-12(2)7-9-8-13(3)6-5-10(9)15-11(12)14/h9-10H,4-8H2,1-3H3. The monoisotopic (exact) mass is 211 g/mol. The van der Waals surface area contributed by atoms with Crippen molar-refractivity contribution in [2.24, 2.45) is 11.3 Å². The number of hydrogen-bond donors (Lipinski definition) is 0. The van der Waals surface area contributed by atoms with Gasteiger partial charge in [-0.25, -0.2) is 0 Å². The SMILES string of the molecule is CCC1(C)CC2CN(C)CCC2OC1=O. The van der Waals surface area contributed by atoms with Crippen molar-refractivity contribution >= 4 is 5.97 Å². The number of carbonyl (C=O) groups is 1. The van der Waals surface area contributed by atoms with Gasteiger partial charge in [0.15, 0.2) is 0 Å². The molecule has 3 nitrogen and oxygen atoms in total. The zero-order chi connectivity index (χ0) is 11.1. The lowest BCUT2D eigenvalue weighted by Gasteiger charge is -2.45. The van der Waals surface area contributed by atoms with E-state index in [2.05, 4.69) is 18.9 Å². The highest BCUT2D eigenvalue weighted by atomic mass is 16.5.